The van der Waals surface area contributed by atoms with Gasteiger partial charge in [-0.15, -0.1) is 10.2 Å². The molecule has 0 amide bonds. The molecule has 3 rings (SSSR count). The first-order chi connectivity index (χ1) is 16.0. The zero-order valence-corrected chi connectivity index (χ0v) is 20.8. The van der Waals surface area contributed by atoms with Crippen molar-refractivity contribution in [2.24, 2.45) is 0 Å². The summed E-state index contributed by atoms with van der Waals surface area (Å²) in [7, 11) is 3.11. The number of ether oxygens (including phenoxy) is 3. The minimum Gasteiger partial charge on any atom is -0.493 e. The van der Waals surface area contributed by atoms with Gasteiger partial charge in [0.2, 0.25) is 0 Å². The van der Waals surface area contributed by atoms with E-state index in [4.69, 9.17) is 25.8 Å². The molecule has 0 aliphatic carbocycles. The van der Waals surface area contributed by atoms with Crippen molar-refractivity contribution in [1.82, 2.24) is 14.8 Å². The fraction of sp³-hybridized carbons (Fsp3) is 0.375. The van der Waals surface area contributed by atoms with Crippen molar-refractivity contribution < 1.29 is 19.0 Å². The monoisotopic (exact) mass is 489 g/mol. The smallest absolute Gasteiger partial charge is 0.192 e. The van der Waals surface area contributed by atoms with Crippen LogP contribution in [0, 0.1) is 0 Å². The molecule has 0 radical (unpaired) electrons. The standard InChI is InChI=1S/C24H28ClN3O4S/c1-5-17(6-2)28-23(14-32-20-10-8-7-9-18(20)25)26-27-24(28)33-15-19(29)16-11-12-21(30-3)22(13-16)31-4/h7-13,17H,5-6,14-15H2,1-4H3. The van der Waals surface area contributed by atoms with Crippen LogP contribution in [-0.2, 0) is 6.61 Å². The molecule has 0 fully saturated rings. The van der Waals surface area contributed by atoms with E-state index in [9.17, 15) is 4.79 Å². The van der Waals surface area contributed by atoms with Crippen molar-refractivity contribution in [2.45, 2.75) is 44.5 Å². The van der Waals surface area contributed by atoms with Gasteiger partial charge in [0.15, 0.2) is 28.3 Å². The summed E-state index contributed by atoms with van der Waals surface area (Å²) in [5.74, 6) is 2.58. The third-order valence-electron chi connectivity index (χ3n) is 5.27. The summed E-state index contributed by atoms with van der Waals surface area (Å²) in [4.78, 5) is 12.8. The second-order valence-electron chi connectivity index (χ2n) is 7.24. The summed E-state index contributed by atoms with van der Waals surface area (Å²) < 4.78 is 18.5. The molecule has 176 valence electrons. The van der Waals surface area contributed by atoms with Crippen molar-refractivity contribution in [3.63, 3.8) is 0 Å². The van der Waals surface area contributed by atoms with Gasteiger partial charge in [-0.3, -0.25) is 4.79 Å². The van der Waals surface area contributed by atoms with Crippen molar-refractivity contribution in [3.05, 3.63) is 58.9 Å². The number of hydrogen-bond acceptors (Lipinski definition) is 7. The second kappa shape index (κ2) is 12.0. The Hall–Kier alpha value is -2.71. The van der Waals surface area contributed by atoms with Gasteiger partial charge in [0, 0.05) is 11.6 Å². The van der Waals surface area contributed by atoms with Crippen LogP contribution < -0.4 is 14.2 Å². The van der Waals surface area contributed by atoms with Gasteiger partial charge in [-0.25, -0.2) is 0 Å². The van der Waals surface area contributed by atoms with E-state index in [0.29, 0.717) is 38.8 Å². The number of para-hydroxylation sites is 1. The van der Waals surface area contributed by atoms with Crippen LogP contribution in [0.25, 0.3) is 0 Å². The molecular weight excluding hydrogens is 462 g/mol. The summed E-state index contributed by atoms with van der Waals surface area (Å²) in [5.41, 5.74) is 0.552. The summed E-state index contributed by atoms with van der Waals surface area (Å²) in [5, 5.41) is 9.95. The number of Topliss-reactive ketones (excluding diaryl/α,β-unsaturated/α-hetero) is 1. The summed E-state index contributed by atoms with van der Waals surface area (Å²) in [6.07, 6.45) is 1.82. The lowest BCUT2D eigenvalue weighted by Crippen LogP contribution is -2.15. The quantitative estimate of drug-likeness (QED) is 0.233. The highest BCUT2D eigenvalue weighted by Crippen LogP contribution is 2.30. The zero-order valence-electron chi connectivity index (χ0n) is 19.2. The van der Waals surface area contributed by atoms with Gasteiger partial charge in [-0.05, 0) is 43.2 Å². The van der Waals surface area contributed by atoms with Crippen molar-refractivity contribution >= 4 is 29.1 Å². The fourth-order valence-corrected chi connectivity index (χ4v) is 4.56. The van der Waals surface area contributed by atoms with Crippen LogP contribution in [0.3, 0.4) is 0 Å². The highest BCUT2D eigenvalue weighted by molar-refractivity contribution is 7.99. The van der Waals surface area contributed by atoms with Crippen LogP contribution in [0.2, 0.25) is 5.02 Å². The highest BCUT2D eigenvalue weighted by Gasteiger charge is 2.21. The minimum atomic E-state index is -0.0334. The third kappa shape index (κ3) is 6.00. The van der Waals surface area contributed by atoms with E-state index < -0.39 is 0 Å². The number of rotatable bonds is 12. The number of hydrogen-bond donors (Lipinski definition) is 0. The molecule has 0 aliphatic heterocycles. The highest BCUT2D eigenvalue weighted by atomic mass is 35.5. The average molecular weight is 490 g/mol. The molecule has 0 saturated heterocycles. The van der Waals surface area contributed by atoms with Crippen molar-refractivity contribution in [3.8, 4) is 17.2 Å². The molecule has 33 heavy (non-hydrogen) atoms. The molecule has 0 saturated carbocycles. The molecule has 1 heterocycles. The maximum absolute atomic E-state index is 12.8. The predicted molar refractivity (Wildman–Crippen MR) is 130 cm³/mol. The number of carbonyl (C=O) groups is 1. The Morgan fingerprint density at radius 3 is 2.42 bits per heavy atom. The number of aromatic nitrogens is 3. The van der Waals surface area contributed by atoms with Gasteiger partial charge >= 0.3 is 0 Å². The Morgan fingerprint density at radius 2 is 1.76 bits per heavy atom. The van der Waals surface area contributed by atoms with E-state index in [1.165, 1.54) is 11.8 Å². The second-order valence-corrected chi connectivity index (χ2v) is 8.59. The molecule has 0 atom stereocenters. The van der Waals surface area contributed by atoms with Crippen LogP contribution in [0.15, 0.2) is 47.6 Å². The molecular formula is C24H28ClN3O4S. The normalized spacial score (nSPS) is 11.0. The summed E-state index contributed by atoms with van der Waals surface area (Å²) in [6.45, 7) is 4.48. The number of methoxy groups -OCH3 is 2. The number of halogens is 1. The first-order valence-corrected chi connectivity index (χ1v) is 12.1. The van der Waals surface area contributed by atoms with Gasteiger partial charge in [-0.1, -0.05) is 49.3 Å². The van der Waals surface area contributed by atoms with E-state index in [0.717, 1.165) is 12.8 Å². The number of thioether (sulfide) groups is 1. The van der Waals surface area contributed by atoms with E-state index in [1.54, 1.807) is 38.5 Å². The van der Waals surface area contributed by atoms with Crippen molar-refractivity contribution in [2.75, 3.05) is 20.0 Å². The van der Waals surface area contributed by atoms with Gasteiger partial charge < -0.3 is 18.8 Å². The van der Waals surface area contributed by atoms with Crippen LogP contribution in [-0.4, -0.2) is 40.5 Å². The van der Waals surface area contributed by atoms with Crippen molar-refractivity contribution in [1.29, 1.82) is 0 Å². The first kappa shape index (κ1) is 24.9. The Balaban J connectivity index is 1.77. The van der Waals surface area contributed by atoms with E-state index >= 15 is 0 Å². The summed E-state index contributed by atoms with van der Waals surface area (Å²) in [6, 6.07) is 12.7. The van der Waals surface area contributed by atoms with Crippen LogP contribution in [0.4, 0.5) is 0 Å². The van der Waals surface area contributed by atoms with Gasteiger partial charge in [0.1, 0.15) is 12.4 Å². The molecule has 0 unspecified atom stereocenters. The lowest BCUT2D eigenvalue weighted by atomic mass is 10.1. The number of benzene rings is 2. The molecule has 0 spiro atoms. The Morgan fingerprint density at radius 1 is 1.03 bits per heavy atom. The van der Waals surface area contributed by atoms with E-state index in [-0.39, 0.29) is 24.2 Å². The summed E-state index contributed by atoms with van der Waals surface area (Å²) >= 11 is 7.57. The van der Waals surface area contributed by atoms with Crippen LogP contribution >= 0.6 is 23.4 Å². The van der Waals surface area contributed by atoms with E-state index in [2.05, 4.69) is 28.6 Å². The van der Waals surface area contributed by atoms with E-state index in [1.807, 2.05) is 18.2 Å². The topological polar surface area (TPSA) is 75.5 Å². The molecule has 0 aliphatic rings. The number of carbonyl (C=O) groups excluding carboxylic acids is 1. The first-order valence-electron chi connectivity index (χ1n) is 10.7. The zero-order chi connectivity index (χ0) is 23.8. The van der Waals surface area contributed by atoms with Gasteiger partial charge in [0.05, 0.1) is 25.0 Å². The van der Waals surface area contributed by atoms with Gasteiger partial charge in [0.25, 0.3) is 0 Å². The largest absolute Gasteiger partial charge is 0.493 e. The van der Waals surface area contributed by atoms with Crippen LogP contribution in [0.5, 0.6) is 17.2 Å². The molecule has 0 bridgehead atoms. The Kier molecular flexibility index (Phi) is 9.03. The molecule has 2 aromatic carbocycles. The molecule has 7 nitrogen and oxygen atoms in total. The van der Waals surface area contributed by atoms with Gasteiger partial charge in [-0.2, -0.15) is 0 Å². The average Bonchev–Trinajstić information content (AvgIpc) is 3.24. The third-order valence-corrected chi connectivity index (χ3v) is 6.53. The lowest BCUT2D eigenvalue weighted by Gasteiger charge is -2.19. The van der Waals surface area contributed by atoms with Crippen LogP contribution in [0.1, 0.15) is 48.9 Å². The fourth-order valence-electron chi connectivity index (χ4n) is 3.45. The lowest BCUT2D eigenvalue weighted by molar-refractivity contribution is 0.102. The Bertz CT molecular complexity index is 1090. The Labute approximate surface area is 203 Å². The minimum absolute atomic E-state index is 0.0334. The SMILES string of the molecule is CCC(CC)n1c(COc2ccccc2Cl)nnc1SCC(=O)c1ccc(OC)c(OC)c1. The predicted octanol–water partition coefficient (Wildman–Crippen LogP) is 5.86. The molecule has 1 aromatic heterocycles. The molecule has 3 aromatic rings. The molecule has 9 heteroatoms. The maximum atomic E-state index is 12.8. The number of nitrogens with zero attached hydrogens (tertiary/aromatic N) is 3. The molecule has 0 N–H and O–H groups in total. The maximum Gasteiger partial charge on any atom is 0.192 e. The number of ketones is 1.